The van der Waals surface area contributed by atoms with Crippen LogP contribution in [0.4, 0.5) is 8.78 Å². The molecule has 2 aromatic rings. The molecule has 2 aromatic carbocycles. The Labute approximate surface area is 93.2 Å². The van der Waals surface area contributed by atoms with Crippen LogP contribution < -0.4 is 10.6 Å². The first-order chi connectivity index (χ1) is 7.66. The van der Waals surface area contributed by atoms with E-state index in [1.165, 1.54) is 48.5 Å². The third-order valence-corrected chi connectivity index (χ3v) is 3.72. The molecule has 0 aromatic heterocycles. The van der Waals surface area contributed by atoms with E-state index in [1.54, 1.807) is 0 Å². The molecule has 0 aliphatic rings. The van der Waals surface area contributed by atoms with E-state index in [-0.39, 0.29) is 11.6 Å². The topological polar surface area (TPSA) is 20.2 Å². The van der Waals surface area contributed by atoms with Gasteiger partial charge >= 0.3 is 0 Å². The lowest BCUT2D eigenvalue weighted by Crippen LogP contribution is -2.10. The second-order valence-electron chi connectivity index (χ2n) is 3.26. The molecule has 1 nitrogen and oxygen atoms in total. The van der Waals surface area contributed by atoms with Crippen LogP contribution in [-0.2, 0) is 0 Å². The Balaban J connectivity index is 2.28. The van der Waals surface area contributed by atoms with Gasteiger partial charge in [0.25, 0.3) is 0 Å². The van der Waals surface area contributed by atoms with Crippen LogP contribution in [0.5, 0.6) is 0 Å². The Bertz CT molecular complexity index is 422. The molecule has 82 valence electrons. The largest absolute Gasteiger partial charge is 0.364 e. The fourth-order valence-corrected chi connectivity index (χ4v) is 2.47. The van der Waals surface area contributed by atoms with E-state index in [4.69, 9.17) is 0 Å². The normalized spacial score (nSPS) is 10.8. The van der Waals surface area contributed by atoms with E-state index in [0.29, 0.717) is 10.6 Å². The SMILES string of the molecule is OP(c1ccc(F)cc1)c1ccc(F)cc1. The molecule has 0 fully saturated rings. The molecular weight excluding hydrogens is 229 g/mol. The van der Waals surface area contributed by atoms with Crippen LogP contribution in [0.15, 0.2) is 48.5 Å². The minimum absolute atomic E-state index is 0.341. The Kier molecular flexibility index (Phi) is 3.28. The van der Waals surface area contributed by atoms with E-state index in [2.05, 4.69) is 0 Å². The molecule has 0 saturated carbocycles. The highest BCUT2D eigenvalue weighted by Crippen LogP contribution is 2.27. The van der Waals surface area contributed by atoms with Crippen molar-refractivity contribution in [3.05, 3.63) is 60.2 Å². The Morgan fingerprint density at radius 3 is 1.31 bits per heavy atom. The Morgan fingerprint density at radius 2 is 1.00 bits per heavy atom. The van der Waals surface area contributed by atoms with Crippen molar-refractivity contribution in [1.82, 2.24) is 0 Å². The van der Waals surface area contributed by atoms with E-state index in [0.717, 1.165) is 0 Å². The van der Waals surface area contributed by atoms with Gasteiger partial charge in [0.05, 0.1) is 8.15 Å². The van der Waals surface area contributed by atoms with E-state index < -0.39 is 8.15 Å². The van der Waals surface area contributed by atoms with Crippen LogP contribution in [-0.4, -0.2) is 4.89 Å². The molecule has 0 amide bonds. The van der Waals surface area contributed by atoms with Crippen LogP contribution in [0, 0.1) is 11.6 Å². The third-order valence-electron chi connectivity index (χ3n) is 2.14. The van der Waals surface area contributed by atoms with Gasteiger partial charge in [0.1, 0.15) is 11.6 Å². The predicted molar refractivity (Wildman–Crippen MR) is 61.2 cm³/mol. The molecule has 0 bridgehead atoms. The summed E-state index contributed by atoms with van der Waals surface area (Å²) in [5.74, 6) is -0.683. The van der Waals surface area contributed by atoms with Gasteiger partial charge in [-0.3, -0.25) is 0 Å². The zero-order valence-electron chi connectivity index (χ0n) is 8.27. The van der Waals surface area contributed by atoms with Crippen LogP contribution in [0.2, 0.25) is 0 Å². The molecule has 0 atom stereocenters. The van der Waals surface area contributed by atoms with Gasteiger partial charge in [-0.1, -0.05) is 0 Å². The summed E-state index contributed by atoms with van der Waals surface area (Å²) in [7, 11) is -1.53. The minimum Gasteiger partial charge on any atom is -0.364 e. The maximum atomic E-state index is 12.7. The summed E-state index contributed by atoms with van der Waals surface area (Å²) in [5.41, 5.74) is 0. The molecule has 16 heavy (non-hydrogen) atoms. The molecule has 0 heterocycles. The summed E-state index contributed by atoms with van der Waals surface area (Å²) < 4.78 is 25.4. The first-order valence-electron chi connectivity index (χ1n) is 4.67. The summed E-state index contributed by atoms with van der Waals surface area (Å²) in [6.45, 7) is 0. The van der Waals surface area contributed by atoms with E-state index >= 15 is 0 Å². The summed E-state index contributed by atoms with van der Waals surface area (Å²) in [4.78, 5) is 9.99. The van der Waals surface area contributed by atoms with Crippen LogP contribution in [0.1, 0.15) is 0 Å². The van der Waals surface area contributed by atoms with Crippen molar-refractivity contribution in [3.8, 4) is 0 Å². The van der Waals surface area contributed by atoms with Gasteiger partial charge in [-0.15, -0.1) is 0 Å². The van der Waals surface area contributed by atoms with Crippen LogP contribution >= 0.6 is 8.15 Å². The Hall–Kier alpha value is -1.31. The average molecular weight is 238 g/mol. The van der Waals surface area contributed by atoms with Gasteiger partial charge in [-0.05, 0) is 48.5 Å². The maximum absolute atomic E-state index is 12.7. The molecule has 2 rings (SSSR count). The number of hydrogen-bond donors (Lipinski definition) is 1. The van der Waals surface area contributed by atoms with Crippen LogP contribution in [0.3, 0.4) is 0 Å². The monoisotopic (exact) mass is 238 g/mol. The lowest BCUT2D eigenvalue weighted by Gasteiger charge is -2.10. The fourth-order valence-electron chi connectivity index (χ4n) is 1.31. The standard InChI is InChI=1S/C12H9F2OP/c13-9-1-5-11(6-2-9)16(15)12-7-3-10(14)4-8-12/h1-8,15H. The van der Waals surface area contributed by atoms with E-state index in [9.17, 15) is 13.7 Å². The summed E-state index contributed by atoms with van der Waals surface area (Å²) in [5, 5.41) is 1.28. The van der Waals surface area contributed by atoms with Crippen molar-refractivity contribution in [2.75, 3.05) is 0 Å². The molecule has 0 radical (unpaired) electrons. The molecule has 0 saturated heterocycles. The van der Waals surface area contributed by atoms with Crippen molar-refractivity contribution >= 4 is 18.8 Å². The average Bonchev–Trinajstić information content (AvgIpc) is 2.30. The third kappa shape index (κ3) is 2.43. The maximum Gasteiger partial charge on any atom is 0.123 e. The zero-order chi connectivity index (χ0) is 11.5. The summed E-state index contributed by atoms with van der Waals surface area (Å²) >= 11 is 0. The Morgan fingerprint density at radius 1 is 0.688 bits per heavy atom. The summed E-state index contributed by atoms with van der Waals surface area (Å²) in [6.07, 6.45) is 0. The van der Waals surface area contributed by atoms with Crippen molar-refractivity contribution in [1.29, 1.82) is 0 Å². The molecule has 0 aliphatic heterocycles. The lowest BCUT2D eigenvalue weighted by atomic mass is 10.3. The highest BCUT2D eigenvalue weighted by Gasteiger charge is 2.10. The van der Waals surface area contributed by atoms with Gasteiger partial charge < -0.3 is 4.89 Å². The molecular formula is C12H9F2OP. The van der Waals surface area contributed by atoms with Gasteiger partial charge in [-0.2, -0.15) is 0 Å². The van der Waals surface area contributed by atoms with Crippen molar-refractivity contribution < 1.29 is 13.7 Å². The number of hydrogen-bond acceptors (Lipinski definition) is 1. The first-order valence-corrected chi connectivity index (χ1v) is 5.96. The lowest BCUT2D eigenvalue weighted by molar-refractivity contribution is 0.627. The number of halogens is 2. The van der Waals surface area contributed by atoms with Gasteiger partial charge in [0.15, 0.2) is 0 Å². The van der Waals surface area contributed by atoms with Crippen LogP contribution in [0.25, 0.3) is 0 Å². The van der Waals surface area contributed by atoms with Crippen molar-refractivity contribution in [2.24, 2.45) is 0 Å². The first kappa shape index (κ1) is 11.2. The quantitative estimate of drug-likeness (QED) is 0.796. The predicted octanol–water partition coefficient (Wildman–Crippen LogP) is 2.30. The van der Waals surface area contributed by atoms with Gasteiger partial charge in [-0.25, -0.2) is 8.78 Å². The molecule has 4 heteroatoms. The zero-order valence-corrected chi connectivity index (χ0v) is 9.16. The summed E-state index contributed by atoms with van der Waals surface area (Å²) in [6, 6.07) is 11.3. The fraction of sp³-hybridized carbons (Fsp3) is 0. The second kappa shape index (κ2) is 4.69. The molecule has 0 spiro atoms. The highest BCUT2D eigenvalue weighted by atomic mass is 31.1. The van der Waals surface area contributed by atoms with Crippen molar-refractivity contribution in [2.45, 2.75) is 0 Å². The van der Waals surface area contributed by atoms with Crippen molar-refractivity contribution in [3.63, 3.8) is 0 Å². The molecule has 0 aliphatic carbocycles. The number of rotatable bonds is 2. The highest BCUT2D eigenvalue weighted by molar-refractivity contribution is 7.67. The molecule has 0 unspecified atom stereocenters. The minimum atomic E-state index is -1.53. The smallest absolute Gasteiger partial charge is 0.123 e. The van der Waals surface area contributed by atoms with E-state index in [1.807, 2.05) is 0 Å². The van der Waals surface area contributed by atoms with Gasteiger partial charge in [0, 0.05) is 10.6 Å². The second-order valence-corrected chi connectivity index (χ2v) is 4.92. The molecule has 1 N–H and O–H groups in total. The number of benzene rings is 2. The van der Waals surface area contributed by atoms with Gasteiger partial charge in [0.2, 0.25) is 0 Å².